The molecule has 1 N–H and O–H groups in total. The number of aryl methyl sites for hydroxylation is 3. The van der Waals surface area contributed by atoms with E-state index in [0.717, 1.165) is 28.1 Å². The third-order valence-corrected chi connectivity index (χ3v) is 7.44. The van der Waals surface area contributed by atoms with Crippen molar-refractivity contribution in [1.29, 1.82) is 0 Å². The van der Waals surface area contributed by atoms with Gasteiger partial charge in [-0.05, 0) is 57.6 Å². The summed E-state index contributed by atoms with van der Waals surface area (Å²) >= 11 is 3.21. The molecule has 0 aromatic carbocycles. The van der Waals surface area contributed by atoms with Crippen molar-refractivity contribution >= 4 is 45.1 Å². The molecule has 8 heteroatoms. The van der Waals surface area contributed by atoms with E-state index in [4.69, 9.17) is 4.74 Å². The summed E-state index contributed by atoms with van der Waals surface area (Å²) in [6.45, 7) is 5.65. The highest BCUT2D eigenvalue weighted by Gasteiger charge is 2.24. The van der Waals surface area contributed by atoms with Gasteiger partial charge in [-0.1, -0.05) is 11.8 Å². The van der Waals surface area contributed by atoms with Crippen LogP contribution in [0.2, 0.25) is 0 Å². The fourth-order valence-corrected chi connectivity index (χ4v) is 6.14. The number of hydrogen-bond donors (Lipinski definition) is 1. The lowest BCUT2D eigenvalue weighted by atomic mass is 9.97. The fraction of sp³-hybridized carbons (Fsp3) is 0.429. The average molecular weight is 430 g/mol. The van der Waals surface area contributed by atoms with Gasteiger partial charge in [-0.2, -0.15) is 0 Å². The van der Waals surface area contributed by atoms with Crippen LogP contribution in [0.1, 0.15) is 62.3 Å². The topological polar surface area (TPSA) is 84.9 Å². The van der Waals surface area contributed by atoms with E-state index in [1.807, 2.05) is 6.92 Å². The number of H-pyrrole nitrogens is 1. The average Bonchev–Trinajstić information content (AvgIpc) is 3.23. The van der Waals surface area contributed by atoms with Crippen molar-refractivity contribution < 1.29 is 14.3 Å². The van der Waals surface area contributed by atoms with Crippen LogP contribution in [-0.2, 0) is 17.6 Å². The Hall–Kier alpha value is -2.19. The molecule has 1 aliphatic rings. The summed E-state index contributed by atoms with van der Waals surface area (Å²) in [5.74, 6) is -0.187. The van der Waals surface area contributed by atoms with Crippen LogP contribution in [-0.4, -0.2) is 39.1 Å². The Kier molecular flexibility index (Phi) is 5.74. The number of Topliss-reactive ketones (excluding diaryl/α,β-unsaturated/α-hetero) is 1. The third-order valence-electron chi connectivity index (χ3n) is 5.25. The van der Waals surface area contributed by atoms with Gasteiger partial charge in [0.15, 0.2) is 5.78 Å². The third kappa shape index (κ3) is 3.71. The van der Waals surface area contributed by atoms with E-state index >= 15 is 0 Å². The summed E-state index contributed by atoms with van der Waals surface area (Å²) in [7, 11) is 0. The smallest absolute Gasteiger partial charge is 0.355 e. The molecule has 0 aliphatic heterocycles. The second kappa shape index (κ2) is 8.28. The maximum Gasteiger partial charge on any atom is 0.355 e. The van der Waals surface area contributed by atoms with Crippen LogP contribution in [0.4, 0.5) is 0 Å². The van der Waals surface area contributed by atoms with Gasteiger partial charge in [0.1, 0.15) is 21.9 Å². The van der Waals surface area contributed by atoms with Gasteiger partial charge in [-0.3, -0.25) is 4.79 Å². The van der Waals surface area contributed by atoms with Gasteiger partial charge >= 0.3 is 5.97 Å². The normalized spacial score (nSPS) is 13.5. The molecule has 0 saturated carbocycles. The first-order valence-electron chi connectivity index (χ1n) is 9.78. The van der Waals surface area contributed by atoms with Gasteiger partial charge in [0.25, 0.3) is 0 Å². The molecule has 0 atom stereocenters. The molecule has 4 rings (SSSR count). The van der Waals surface area contributed by atoms with E-state index in [1.165, 1.54) is 35.0 Å². The molecule has 3 aromatic heterocycles. The molecule has 3 heterocycles. The van der Waals surface area contributed by atoms with Crippen LogP contribution in [0.5, 0.6) is 0 Å². The molecule has 0 unspecified atom stereocenters. The predicted octanol–water partition coefficient (Wildman–Crippen LogP) is 4.67. The molecule has 3 aromatic rings. The number of aromatic nitrogens is 3. The molecule has 0 saturated heterocycles. The Bertz CT molecular complexity index is 1100. The minimum atomic E-state index is -0.429. The first-order valence-corrected chi connectivity index (χ1v) is 11.6. The van der Waals surface area contributed by atoms with Gasteiger partial charge in [0.2, 0.25) is 0 Å². The number of nitrogens with zero attached hydrogens (tertiary/aromatic N) is 2. The molecule has 0 spiro atoms. The highest BCUT2D eigenvalue weighted by molar-refractivity contribution is 8.00. The lowest BCUT2D eigenvalue weighted by molar-refractivity contribution is 0.0519. The molecule has 152 valence electrons. The maximum absolute atomic E-state index is 13.0. The first kappa shape index (κ1) is 20.1. The van der Waals surface area contributed by atoms with Crippen molar-refractivity contribution in [3.63, 3.8) is 0 Å². The minimum absolute atomic E-state index is 0.0207. The highest BCUT2D eigenvalue weighted by atomic mass is 32.2. The van der Waals surface area contributed by atoms with Crippen molar-refractivity contribution in [3.8, 4) is 0 Å². The van der Waals surface area contributed by atoms with Crippen LogP contribution in [0.25, 0.3) is 10.2 Å². The monoisotopic (exact) mass is 429 g/mol. The van der Waals surface area contributed by atoms with Crippen LogP contribution < -0.4 is 0 Å². The molecular formula is C21H23N3O3S2. The number of ether oxygens (including phenoxy) is 1. The van der Waals surface area contributed by atoms with E-state index < -0.39 is 5.97 Å². The maximum atomic E-state index is 13.0. The second-order valence-corrected chi connectivity index (χ2v) is 9.17. The number of rotatable bonds is 6. The predicted molar refractivity (Wildman–Crippen MR) is 115 cm³/mol. The van der Waals surface area contributed by atoms with Crippen molar-refractivity contribution in [2.75, 3.05) is 12.4 Å². The molecule has 0 amide bonds. The number of carbonyl (C=O) groups is 2. The number of aromatic amines is 1. The first-order chi connectivity index (χ1) is 14.0. The van der Waals surface area contributed by atoms with E-state index in [1.54, 1.807) is 31.5 Å². The van der Waals surface area contributed by atoms with Crippen LogP contribution >= 0.6 is 23.1 Å². The minimum Gasteiger partial charge on any atom is -0.461 e. The largest absolute Gasteiger partial charge is 0.461 e. The Labute approximate surface area is 177 Å². The molecule has 0 bridgehead atoms. The van der Waals surface area contributed by atoms with Crippen LogP contribution in [0.15, 0.2) is 11.4 Å². The second-order valence-electron chi connectivity index (χ2n) is 7.13. The van der Waals surface area contributed by atoms with Gasteiger partial charge in [0.05, 0.1) is 12.4 Å². The summed E-state index contributed by atoms with van der Waals surface area (Å²) in [5, 5.41) is 2.00. The molecule has 6 nitrogen and oxygen atoms in total. The standard InChI is InChI=1S/C21H23N3O3S2/c1-4-27-21(26)18-11(2)16(12(3)24-18)14(25)9-28-19-17-13-7-5-6-8-15(13)29-20(17)23-10-22-19/h10,24H,4-9H2,1-3H3. The lowest BCUT2D eigenvalue weighted by Crippen LogP contribution is -2.08. The van der Waals surface area contributed by atoms with Gasteiger partial charge < -0.3 is 9.72 Å². The fourth-order valence-electron chi connectivity index (χ4n) is 3.95. The molecular weight excluding hydrogens is 406 g/mol. The Morgan fingerprint density at radius 2 is 2.03 bits per heavy atom. The van der Waals surface area contributed by atoms with E-state index in [9.17, 15) is 9.59 Å². The number of esters is 1. The van der Waals surface area contributed by atoms with Gasteiger partial charge in [-0.25, -0.2) is 14.8 Å². The summed E-state index contributed by atoms with van der Waals surface area (Å²) < 4.78 is 5.08. The van der Waals surface area contributed by atoms with Gasteiger partial charge in [0, 0.05) is 21.5 Å². The van der Waals surface area contributed by atoms with Crippen molar-refractivity contribution in [3.05, 3.63) is 39.3 Å². The molecule has 0 fully saturated rings. The van der Waals surface area contributed by atoms with Crippen molar-refractivity contribution in [2.24, 2.45) is 0 Å². The quantitative estimate of drug-likeness (QED) is 0.265. The zero-order valence-electron chi connectivity index (χ0n) is 16.8. The van der Waals surface area contributed by atoms with E-state index in [0.29, 0.717) is 29.1 Å². The summed E-state index contributed by atoms with van der Waals surface area (Å²) in [6.07, 6.45) is 6.17. The Morgan fingerprint density at radius 3 is 2.83 bits per heavy atom. The molecule has 29 heavy (non-hydrogen) atoms. The van der Waals surface area contributed by atoms with E-state index in [-0.39, 0.29) is 11.5 Å². The number of thioether (sulfide) groups is 1. The number of thiophene rings is 1. The SMILES string of the molecule is CCOC(=O)c1[nH]c(C)c(C(=O)CSc2ncnc3sc4c(c23)CCCC4)c1C. The number of nitrogens with one attached hydrogen (secondary N) is 1. The summed E-state index contributed by atoms with van der Waals surface area (Å²) in [6, 6.07) is 0. The van der Waals surface area contributed by atoms with Crippen molar-refractivity contribution in [2.45, 2.75) is 51.5 Å². The lowest BCUT2D eigenvalue weighted by Gasteiger charge is -2.11. The van der Waals surface area contributed by atoms with E-state index in [2.05, 4.69) is 15.0 Å². The number of fused-ring (bicyclic) bond motifs is 3. The summed E-state index contributed by atoms with van der Waals surface area (Å²) in [4.78, 5) is 39.5. The van der Waals surface area contributed by atoms with Crippen LogP contribution in [0, 0.1) is 13.8 Å². The molecule has 1 aliphatic carbocycles. The molecule has 0 radical (unpaired) electrons. The Morgan fingerprint density at radius 1 is 1.24 bits per heavy atom. The number of hydrogen-bond acceptors (Lipinski definition) is 7. The Balaban J connectivity index is 1.58. The highest BCUT2D eigenvalue weighted by Crippen LogP contribution is 2.39. The number of carbonyl (C=O) groups excluding carboxylic acids is 2. The summed E-state index contributed by atoms with van der Waals surface area (Å²) in [5.41, 5.74) is 3.63. The number of ketones is 1. The van der Waals surface area contributed by atoms with Gasteiger partial charge in [-0.15, -0.1) is 11.3 Å². The van der Waals surface area contributed by atoms with Crippen molar-refractivity contribution in [1.82, 2.24) is 15.0 Å². The zero-order valence-corrected chi connectivity index (χ0v) is 18.4. The zero-order chi connectivity index (χ0) is 20.5. The van der Waals surface area contributed by atoms with Crippen LogP contribution in [0.3, 0.4) is 0 Å².